The molecule has 5 N–H and O–H groups in total. The summed E-state index contributed by atoms with van der Waals surface area (Å²) in [6, 6.07) is 1.09. The van der Waals surface area contributed by atoms with Gasteiger partial charge < -0.3 is 11.1 Å². The highest BCUT2D eigenvalue weighted by Gasteiger charge is 2.20. The minimum Gasteiger partial charge on any atom is -0.326 e. The third-order valence-electron chi connectivity index (χ3n) is 3.16. The standard InChI is InChI=1S/C13H18ClN3O7S2/c1-7-9(14)5-8(6-11(7)26(22,23)24)16-12(18)4-3-10(15)13(19)17-25(2,20)21/h5-6,10H,3-4,15H2,1-2H3,(H,16,18)(H,17,19)(H,22,23,24)/t10-/m0/s1. The Morgan fingerprint density at radius 1 is 1.27 bits per heavy atom. The first-order chi connectivity index (χ1) is 11.7. The van der Waals surface area contributed by atoms with Gasteiger partial charge in [-0.1, -0.05) is 11.6 Å². The summed E-state index contributed by atoms with van der Waals surface area (Å²) in [6.45, 7) is 1.39. The smallest absolute Gasteiger partial charge is 0.294 e. The maximum atomic E-state index is 11.9. The van der Waals surface area contributed by atoms with Crippen molar-refractivity contribution in [2.24, 2.45) is 5.73 Å². The van der Waals surface area contributed by atoms with E-state index in [2.05, 4.69) is 5.32 Å². The van der Waals surface area contributed by atoms with Crippen LogP contribution in [0.2, 0.25) is 5.02 Å². The fourth-order valence-electron chi connectivity index (χ4n) is 1.89. The van der Waals surface area contributed by atoms with Crippen molar-refractivity contribution in [3.05, 3.63) is 22.7 Å². The predicted molar refractivity (Wildman–Crippen MR) is 94.8 cm³/mol. The molecule has 26 heavy (non-hydrogen) atoms. The molecule has 0 radical (unpaired) electrons. The molecule has 1 aromatic rings. The van der Waals surface area contributed by atoms with Gasteiger partial charge in [0.05, 0.1) is 12.3 Å². The van der Waals surface area contributed by atoms with Crippen LogP contribution in [-0.4, -0.2) is 45.5 Å². The molecule has 146 valence electrons. The summed E-state index contributed by atoms with van der Waals surface area (Å²) in [7, 11) is -8.29. The highest BCUT2D eigenvalue weighted by molar-refractivity contribution is 7.89. The van der Waals surface area contributed by atoms with Crippen molar-refractivity contribution in [3.63, 3.8) is 0 Å². The van der Waals surface area contributed by atoms with Crippen molar-refractivity contribution in [2.45, 2.75) is 30.7 Å². The van der Waals surface area contributed by atoms with Crippen LogP contribution in [0, 0.1) is 6.92 Å². The lowest BCUT2D eigenvalue weighted by molar-refractivity contribution is -0.121. The topological polar surface area (TPSA) is 173 Å². The van der Waals surface area contributed by atoms with E-state index in [1.807, 2.05) is 0 Å². The molecule has 0 bridgehead atoms. The molecule has 0 unspecified atom stereocenters. The third-order valence-corrected chi connectivity index (χ3v) is 5.11. The van der Waals surface area contributed by atoms with E-state index >= 15 is 0 Å². The van der Waals surface area contributed by atoms with Gasteiger partial charge in [0.25, 0.3) is 10.1 Å². The monoisotopic (exact) mass is 427 g/mol. The Morgan fingerprint density at radius 2 is 1.85 bits per heavy atom. The van der Waals surface area contributed by atoms with Crippen molar-refractivity contribution in [1.82, 2.24) is 4.72 Å². The zero-order chi connectivity index (χ0) is 20.3. The number of rotatable bonds is 7. The number of benzene rings is 1. The molecule has 0 aliphatic heterocycles. The van der Waals surface area contributed by atoms with Crippen LogP contribution >= 0.6 is 11.6 Å². The van der Waals surface area contributed by atoms with Crippen molar-refractivity contribution in [3.8, 4) is 0 Å². The van der Waals surface area contributed by atoms with Crippen LogP contribution in [0.4, 0.5) is 5.69 Å². The van der Waals surface area contributed by atoms with Crippen LogP contribution in [0.1, 0.15) is 18.4 Å². The van der Waals surface area contributed by atoms with Crippen LogP contribution in [0.25, 0.3) is 0 Å². The molecule has 1 atom stereocenters. The Bertz CT molecular complexity index is 929. The zero-order valence-corrected chi connectivity index (χ0v) is 16.2. The van der Waals surface area contributed by atoms with Gasteiger partial charge in [-0.15, -0.1) is 0 Å². The summed E-state index contributed by atoms with van der Waals surface area (Å²) < 4.78 is 55.4. The summed E-state index contributed by atoms with van der Waals surface area (Å²) in [5.74, 6) is -1.57. The highest BCUT2D eigenvalue weighted by atomic mass is 35.5. The number of hydrogen-bond acceptors (Lipinski definition) is 7. The second kappa shape index (κ2) is 8.31. The quantitative estimate of drug-likeness (QED) is 0.440. The molecule has 0 heterocycles. The number of anilines is 1. The van der Waals surface area contributed by atoms with Gasteiger partial charge in [-0.3, -0.25) is 18.9 Å². The van der Waals surface area contributed by atoms with E-state index in [0.717, 1.165) is 12.3 Å². The summed E-state index contributed by atoms with van der Waals surface area (Å²) in [4.78, 5) is 23.0. The normalized spacial score (nSPS) is 13.1. The van der Waals surface area contributed by atoms with Crippen molar-refractivity contribution >= 4 is 49.2 Å². The van der Waals surface area contributed by atoms with Gasteiger partial charge in [-0.25, -0.2) is 8.42 Å². The maximum absolute atomic E-state index is 11.9. The largest absolute Gasteiger partial charge is 0.326 e. The highest BCUT2D eigenvalue weighted by Crippen LogP contribution is 2.27. The minimum absolute atomic E-state index is 0.0136. The first kappa shape index (κ1) is 22.3. The lowest BCUT2D eigenvalue weighted by Gasteiger charge is -2.12. The van der Waals surface area contributed by atoms with Gasteiger partial charge in [0, 0.05) is 17.1 Å². The van der Waals surface area contributed by atoms with Gasteiger partial charge in [0.2, 0.25) is 21.8 Å². The fraction of sp³-hybridized carbons (Fsp3) is 0.385. The molecule has 0 aliphatic carbocycles. The Labute approximate surface area is 155 Å². The molecule has 0 spiro atoms. The van der Waals surface area contributed by atoms with Gasteiger partial charge in [0.15, 0.2) is 0 Å². The lowest BCUT2D eigenvalue weighted by atomic mass is 10.1. The molecule has 0 aliphatic rings. The lowest BCUT2D eigenvalue weighted by Crippen LogP contribution is -2.43. The molecule has 13 heteroatoms. The second-order valence-electron chi connectivity index (χ2n) is 5.49. The number of carbonyl (C=O) groups excluding carboxylic acids is 2. The Morgan fingerprint density at radius 3 is 2.35 bits per heavy atom. The molecular formula is C13H18ClN3O7S2. The van der Waals surface area contributed by atoms with E-state index in [0.29, 0.717) is 0 Å². The molecule has 0 aromatic heterocycles. The number of nitrogens with two attached hydrogens (primary N) is 1. The molecular weight excluding hydrogens is 410 g/mol. The first-order valence-corrected chi connectivity index (χ1v) is 10.8. The minimum atomic E-state index is -4.53. The van der Waals surface area contributed by atoms with Crippen LogP contribution in [0.15, 0.2) is 17.0 Å². The maximum Gasteiger partial charge on any atom is 0.294 e. The number of halogens is 1. The second-order valence-corrected chi connectivity index (χ2v) is 9.03. The molecule has 0 fully saturated rings. The molecule has 1 rings (SSSR count). The van der Waals surface area contributed by atoms with Gasteiger partial charge in [0.1, 0.15) is 4.90 Å². The first-order valence-electron chi connectivity index (χ1n) is 7.05. The van der Waals surface area contributed by atoms with Crippen LogP contribution in [0.3, 0.4) is 0 Å². The Kier molecular flexibility index (Phi) is 7.13. The average Bonchev–Trinajstić information content (AvgIpc) is 2.45. The van der Waals surface area contributed by atoms with E-state index in [1.54, 1.807) is 4.72 Å². The van der Waals surface area contributed by atoms with E-state index in [9.17, 15) is 31.0 Å². The van der Waals surface area contributed by atoms with Crippen LogP contribution < -0.4 is 15.8 Å². The number of sulfonamides is 1. The van der Waals surface area contributed by atoms with Crippen molar-refractivity contribution < 1.29 is 31.0 Å². The molecule has 10 nitrogen and oxygen atoms in total. The van der Waals surface area contributed by atoms with Crippen LogP contribution in [-0.2, 0) is 29.7 Å². The van der Waals surface area contributed by atoms with E-state index in [4.69, 9.17) is 17.3 Å². The van der Waals surface area contributed by atoms with Crippen LogP contribution in [0.5, 0.6) is 0 Å². The summed E-state index contributed by atoms with van der Waals surface area (Å²) in [5.41, 5.74) is 5.64. The zero-order valence-electron chi connectivity index (χ0n) is 13.8. The van der Waals surface area contributed by atoms with E-state index in [-0.39, 0.29) is 29.1 Å². The predicted octanol–water partition coefficient (Wildman–Crippen LogP) is 0.0169. The number of carbonyl (C=O) groups is 2. The molecule has 0 saturated carbocycles. The average molecular weight is 428 g/mol. The Balaban J connectivity index is 2.78. The Hall–Kier alpha value is -1.73. The van der Waals surface area contributed by atoms with Crippen molar-refractivity contribution in [1.29, 1.82) is 0 Å². The molecule has 2 amide bonds. The summed E-state index contributed by atoms with van der Waals surface area (Å²) in [6.07, 6.45) is 0.390. The summed E-state index contributed by atoms with van der Waals surface area (Å²) in [5, 5.41) is 2.37. The van der Waals surface area contributed by atoms with E-state index in [1.165, 1.54) is 13.0 Å². The molecule has 1 aromatic carbocycles. The molecule has 0 saturated heterocycles. The fourth-order valence-corrected chi connectivity index (χ4v) is 3.46. The van der Waals surface area contributed by atoms with Crippen molar-refractivity contribution in [2.75, 3.05) is 11.6 Å². The number of hydrogen-bond donors (Lipinski definition) is 4. The number of amides is 2. The van der Waals surface area contributed by atoms with Gasteiger partial charge in [-0.2, -0.15) is 8.42 Å². The van der Waals surface area contributed by atoms with Gasteiger partial charge >= 0.3 is 0 Å². The SMILES string of the molecule is Cc1c(Cl)cc(NC(=O)CC[C@H](N)C(=O)NS(C)(=O)=O)cc1S(=O)(=O)O. The summed E-state index contributed by atoms with van der Waals surface area (Å²) >= 11 is 5.88. The van der Waals surface area contributed by atoms with Gasteiger partial charge in [-0.05, 0) is 31.0 Å². The van der Waals surface area contributed by atoms with E-state index < -0.39 is 42.9 Å². The number of nitrogens with one attached hydrogen (secondary N) is 2. The third kappa shape index (κ3) is 6.88.